The Morgan fingerprint density at radius 3 is 2.89 bits per heavy atom. The summed E-state index contributed by atoms with van der Waals surface area (Å²) in [5.74, 6) is -0.0730. The lowest BCUT2D eigenvalue weighted by molar-refractivity contribution is -0.117. The molecule has 0 radical (unpaired) electrons. The maximum absolute atomic E-state index is 11.5. The SMILES string of the molecule is C=CCONC1CNCC=C1C(=O)NC.COC. The summed E-state index contributed by atoms with van der Waals surface area (Å²) in [5, 5.41) is 5.75. The summed E-state index contributed by atoms with van der Waals surface area (Å²) < 4.78 is 4.25. The number of methoxy groups -OCH3 is 1. The third-order valence-corrected chi connectivity index (χ3v) is 2.11. The lowest BCUT2D eigenvalue weighted by atomic mass is 10.0. The topological polar surface area (TPSA) is 71.6 Å². The molecule has 1 heterocycles. The molecule has 6 nitrogen and oxygen atoms in total. The number of hydroxylamine groups is 1. The minimum Gasteiger partial charge on any atom is -0.388 e. The highest BCUT2D eigenvalue weighted by molar-refractivity contribution is 5.94. The van der Waals surface area contributed by atoms with Crippen molar-refractivity contribution in [2.45, 2.75) is 6.04 Å². The molecule has 1 rings (SSSR count). The van der Waals surface area contributed by atoms with Gasteiger partial charge in [-0.25, -0.2) is 0 Å². The Morgan fingerprint density at radius 1 is 1.67 bits per heavy atom. The molecule has 104 valence electrons. The van der Waals surface area contributed by atoms with Gasteiger partial charge in [0.25, 0.3) is 0 Å². The van der Waals surface area contributed by atoms with Gasteiger partial charge >= 0.3 is 0 Å². The van der Waals surface area contributed by atoms with Gasteiger partial charge < -0.3 is 15.4 Å². The van der Waals surface area contributed by atoms with Gasteiger partial charge in [0.05, 0.1) is 12.6 Å². The zero-order valence-corrected chi connectivity index (χ0v) is 11.3. The number of likely N-dealkylation sites (N-methyl/N-ethyl adjacent to an activating group) is 1. The number of carbonyl (C=O) groups excluding carboxylic acids is 1. The normalized spacial score (nSPS) is 18.2. The summed E-state index contributed by atoms with van der Waals surface area (Å²) in [7, 11) is 4.87. The number of ether oxygens (including phenoxy) is 1. The van der Waals surface area contributed by atoms with Gasteiger partial charge in [0.2, 0.25) is 5.91 Å². The fraction of sp³-hybridized carbons (Fsp3) is 0.583. The van der Waals surface area contributed by atoms with Crippen molar-refractivity contribution in [2.75, 3.05) is 41.0 Å². The van der Waals surface area contributed by atoms with Crippen LogP contribution in [-0.4, -0.2) is 52.9 Å². The van der Waals surface area contributed by atoms with Crippen molar-refractivity contribution in [1.82, 2.24) is 16.1 Å². The molecule has 1 aliphatic rings. The van der Waals surface area contributed by atoms with Crippen molar-refractivity contribution in [3.63, 3.8) is 0 Å². The fourth-order valence-electron chi connectivity index (χ4n) is 1.37. The molecule has 0 aromatic rings. The first-order valence-electron chi connectivity index (χ1n) is 5.72. The van der Waals surface area contributed by atoms with Gasteiger partial charge in [-0.1, -0.05) is 12.2 Å². The molecule has 0 saturated carbocycles. The van der Waals surface area contributed by atoms with Crippen molar-refractivity contribution in [3.8, 4) is 0 Å². The van der Waals surface area contributed by atoms with Crippen molar-refractivity contribution in [1.29, 1.82) is 0 Å². The third kappa shape index (κ3) is 6.51. The fourth-order valence-corrected chi connectivity index (χ4v) is 1.37. The van der Waals surface area contributed by atoms with Gasteiger partial charge in [-0.05, 0) is 0 Å². The Balaban J connectivity index is 0.000000873. The maximum atomic E-state index is 11.5. The second-order valence-electron chi connectivity index (χ2n) is 3.58. The van der Waals surface area contributed by atoms with Crippen molar-refractivity contribution >= 4 is 5.91 Å². The van der Waals surface area contributed by atoms with E-state index in [1.54, 1.807) is 27.3 Å². The van der Waals surface area contributed by atoms with Crippen LogP contribution in [0.2, 0.25) is 0 Å². The van der Waals surface area contributed by atoms with Gasteiger partial charge in [-0.15, -0.1) is 6.58 Å². The largest absolute Gasteiger partial charge is 0.388 e. The van der Waals surface area contributed by atoms with Gasteiger partial charge in [-0.2, -0.15) is 5.48 Å². The van der Waals surface area contributed by atoms with E-state index in [-0.39, 0.29) is 11.9 Å². The van der Waals surface area contributed by atoms with Gasteiger partial charge in [0.1, 0.15) is 0 Å². The molecular weight excluding hydrogens is 234 g/mol. The van der Waals surface area contributed by atoms with Crippen LogP contribution in [0.4, 0.5) is 0 Å². The molecule has 1 unspecified atom stereocenters. The van der Waals surface area contributed by atoms with Gasteiger partial charge in [0.15, 0.2) is 0 Å². The van der Waals surface area contributed by atoms with E-state index >= 15 is 0 Å². The molecule has 0 aromatic heterocycles. The highest BCUT2D eigenvalue weighted by Crippen LogP contribution is 2.05. The molecule has 0 saturated heterocycles. The summed E-state index contributed by atoms with van der Waals surface area (Å²) in [6, 6.07) is -0.112. The first kappa shape index (κ1) is 16.8. The van der Waals surface area contributed by atoms with Crippen LogP contribution in [0.1, 0.15) is 0 Å². The van der Waals surface area contributed by atoms with Crippen LogP contribution in [0.3, 0.4) is 0 Å². The number of hydrogen-bond acceptors (Lipinski definition) is 5. The lowest BCUT2D eigenvalue weighted by Gasteiger charge is -2.24. The van der Waals surface area contributed by atoms with Gasteiger partial charge in [-0.3, -0.25) is 9.63 Å². The monoisotopic (exact) mass is 257 g/mol. The predicted molar refractivity (Wildman–Crippen MR) is 71.0 cm³/mol. The summed E-state index contributed by atoms with van der Waals surface area (Å²) in [4.78, 5) is 16.6. The minimum atomic E-state index is -0.112. The molecule has 18 heavy (non-hydrogen) atoms. The van der Waals surface area contributed by atoms with E-state index in [2.05, 4.69) is 27.4 Å². The third-order valence-electron chi connectivity index (χ3n) is 2.11. The van der Waals surface area contributed by atoms with Crippen molar-refractivity contribution in [3.05, 3.63) is 24.3 Å². The number of rotatable bonds is 5. The molecule has 6 heteroatoms. The van der Waals surface area contributed by atoms with Gasteiger partial charge in [0, 0.05) is 39.9 Å². The standard InChI is InChI=1S/C10H17N3O2.C2H6O/c1-3-6-15-13-9-7-12-5-4-8(9)10(14)11-2;1-3-2/h3-4,9,12-13H,1,5-7H2,2H3,(H,11,14);1-2H3. The highest BCUT2D eigenvalue weighted by atomic mass is 16.6. The Morgan fingerprint density at radius 2 is 2.33 bits per heavy atom. The van der Waals surface area contributed by atoms with Crippen LogP contribution < -0.4 is 16.1 Å². The van der Waals surface area contributed by atoms with Crippen LogP contribution in [-0.2, 0) is 14.4 Å². The number of hydrogen-bond donors (Lipinski definition) is 3. The van der Waals surface area contributed by atoms with E-state index in [0.717, 1.165) is 0 Å². The molecule has 1 atom stereocenters. The molecule has 0 aliphatic carbocycles. The first-order chi connectivity index (χ1) is 8.71. The predicted octanol–water partition coefficient (Wildman–Crippen LogP) is -0.400. The van der Waals surface area contributed by atoms with Crippen molar-refractivity contribution in [2.24, 2.45) is 0 Å². The first-order valence-corrected chi connectivity index (χ1v) is 5.72. The Labute approximate surface area is 108 Å². The van der Waals surface area contributed by atoms with Crippen LogP contribution in [0.25, 0.3) is 0 Å². The number of carbonyl (C=O) groups is 1. The minimum absolute atomic E-state index is 0.0730. The van der Waals surface area contributed by atoms with E-state index < -0.39 is 0 Å². The second kappa shape index (κ2) is 10.9. The van der Waals surface area contributed by atoms with E-state index in [1.807, 2.05) is 6.08 Å². The van der Waals surface area contributed by atoms with E-state index in [4.69, 9.17) is 4.84 Å². The average molecular weight is 257 g/mol. The van der Waals surface area contributed by atoms with E-state index in [9.17, 15) is 4.79 Å². The molecule has 0 aromatic carbocycles. The molecule has 1 aliphatic heterocycles. The Kier molecular flexibility index (Phi) is 10.2. The van der Waals surface area contributed by atoms with Crippen LogP contribution in [0.5, 0.6) is 0 Å². The number of amides is 1. The van der Waals surface area contributed by atoms with Crippen molar-refractivity contribution < 1.29 is 14.4 Å². The summed E-state index contributed by atoms with van der Waals surface area (Å²) in [5.41, 5.74) is 3.53. The molecule has 3 N–H and O–H groups in total. The summed E-state index contributed by atoms with van der Waals surface area (Å²) >= 11 is 0. The molecule has 1 amide bonds. The highest BCUT2D eigenvalue weighted by Gasteiger charge is 2.22. The Bertz CT molecular complexity index is 280. The summed E-state index contributed by atoms with van der Waals surface area (Å²) in [6.07, 6.45) is 3.50. The van der Waals surface area contributed by atoms with Crippen LogP contribution in [0, 0.1) is 0 Å². The van der Waals surface area contributed by atoms with Crippen LogP contribution in [0.15, 0.2) is 24.3 Å². The second-order valence-corrected chi connectivity index (χ2v) is 3.58. The smallest absolute Gasteiger partial charge is 0.248 e. The zero-order valence-electron chi connectivity index (χ0n) is 11.3. The average Bonchev–Trinajstić information content (AvgIpc) is 2.40. The molecule has 0 spiro atoms. The molecule has 0 bridgehead atoms. The quantitative estimate of drug-likeness (QED) is 0.355. The molecule has 0 fully saturated rings. The van der Waals surface area contributed by atoms with Crippen LogP contribution >= 0.6 is 0 Å². The Hall–Kier alpha value is -1.21. The maximum Gasteiger partial charge on any atom is 0.248 e. The van der Waals surface area contributed by atoms with E-state index in [1.165, 1.54) is 0 Å². The molecular formula is C12H23N3O3. The summed E-state index contributed by atoms with van der Waals surface area (Å²) in [6.45, 7) is 5.34. The lowest BCUT2D eigenvalue weighted by Crippen LogP contribution is -2.47. The number of nitrogens with one attached hydrogen (secondary N) is 3. The zero-order chi connectivity index (χ0) is 13.8. The van der Waals surface area contributed by atoms with E-state index in [0.29, 0.717) is 25.3 Å².